The average Bonchev–Trinajstić information content (AvgIpc) is 3.40. The predicted octanol–water partition coefficient (Wildman–Crippen LogP) is 2.86. The number of furan rings is 2. The van der Waals surface area contributed by atoms with Crippen LogP contribution >= 0.6 is 0 Å². The predicted molar refractivity (Wildman–Crippen MR) is 95.2 cm³/mol. The molecule has 1 N–H and O–H groups in total. The molecule has 1 fully saturated rings. The lowest BCUT2D eigenvalue weighted by Gasteiger charge is -2.32. The van der Waals surface area contributed by atoms with Crippen LogP contribution in [0.1, 0.15) is 18.6 Å². The molecule has 3 aromatic heterocycles. The minimum Gasteiger partial charge on any atom is -0.467 e. The quantitative estimate of drug-likeness (QED) is 0.760. The van der Waals surface area contributed by atoms with E-state index >= 15 is 0 Å². The standard InChI is InChI=1S/C19H20N4O3/c24-19(20-12-15-5-2-10-25-15)14-4-1-9-23(13-14)18-8-7-16(21-22-18)17-6-3-11-26-17/h2-3,5-8,10-11,14H,1,4,9,12-13H2,(H,20,24)/t14-/m1/s1. The third kappa shape index (κ3) is 3.61. The van der Waals surface area contributed by atoms with Crippen molar-refractivity contribution in [2.24, 2.45) is 5.92 Å². The number of hydrogen-bond donors (Lipinski definition) is 1. The maximum atomic E-state index is 12.5. The molecule has 1 saturated heterocycles. The zero-order valence-corrected chi connectivity index (χ0v) is 14.3. The Labute approximate surface area is 151 Å². The van der Waals surface area contributed by atoms with Gasteiger partial charge < -0.3 is 19.1 Å². The summed E-state index contributed by atoms with van der Waals surface area (Å²) >= 11 is 0. The number of carbonyl (C=O) groups excluding carboxylic acids is 1. The van der Waals surface area contributed by atoms with Gasteiger partial charge in [-0.3, -0.25) is 4.79 Å². The zero-order chi connectivity index (χ0) is 17.8. The van der Waals surface area contributed by atoms with Crippen molar-refractivity contribution in [2.75, 3.05) is 18.0 Å². The van der Waals surface area contributed by atoms with Gasteiger partial charge in [0.05, 0.1) is 25.0 Å². The van der Waals surface area contributed by atoms with Gasteiger partial charge in [0, 0.05) is 13.1 Å². The second kappa shape index (κ2) is 7.43. The Morgan fingerprint density at radius 2 is 2.04 bits per heavy atom. The summed E-state index contributed by atoms with van der Waals surface area (Å²) in [4.78, 5) is 14.6. The van der Waals surface area contributed by atoms with Crippen LogP contribution in [0.2, 0.25) is 0 Å². The van der Waals surface area contributed by atoms with Gasteiger partial charge in [-0.1, -0.05) is 0 Å². The van der Waals surface area contributed by atoms with Crippen LogP contribution < -0.4 is 10.2 Å². The molecule has 1 aliphatic rings. The minimum atomic E-state index is -0.0646. The van der Waals surface area contributed by atoms with Gasteiger partial charge in [0.1, 0.15) is 11.5 Å². The minimum absolute atomic E-state index is 0.0475. The van der Waals surface area contributed by atoms with E-state index in [9.17, 15) is 4.79 Å². The van der Waals surface area contributed by atoms with Crippen molar-refractivity contribution in [3.63, 3.8) is 0 Å². The van der Waals surface area contributed by atoms with E-state index in [1.807, 2.05) is 36.4 Å². The largest absolute Gasteiger partial charge is 0.467 e. The molecule has 0 aromatic carbocycles. The van der Waals surface area contributed by atoms with Crippen LogP contribution in [0.5, 0.6) is 0 Å². The molecule has 0 bridgehead atoms. The zero-order valence-electron chi connectivity index (χ0n) is 14.3. The molecule has 134 valence electrons. The van der Waals surface area contributed by atoms with Gasteiger partial charge in [-0.2, -0.15) is 0 Å². The molecule has 0 saturated carbocycles. The first-order valence-electron chi connectivity index (χ1n) is 8.72. The normalized spacial score (nSPS) is 17.2. The number of hydrogen-bond acceptors (Lipinski definition) is 6. The molecule has 0 unspecified atom stereocenters. The summed E-state index contributed by atoms with van der Waals surface area (Å²) in [7, 11) is 0. The van der Waals surface area contributed by atoms with Crippen LogP contribution in [0.3, 0.4) is 0 Å². The molecule has 1 aliphatic heterocycles. The molecule has 26 heavy (non-hydrogen) atoms. The van der Waals surface area contributed by atoms with E-state index in [0.717, 1.165) is 31.0 Å². The highest BCUT2D eigenvalue weighted by Crippen LogP contribution is 2.23. The summed E-state index contributed by atoms with van der Waals surface area (Å²) in [5, 5.41) is 11.5. The Kier molecular flexibility index (Phi) is 4.68. The maximum Gasteiger partial charge on any atom is 0.225 e. The second-order valence-corrected chi connectivity index (χ2v) is 6.34. The van der Waals surface area contributed by atoms with Crippen molar-refractivity contribution in [3.05, 3.63) is 54.7 Å². The monoisotopic (exact) mass is 352 g/mol. The van der Waals surface area contributed by atoms with Gasteiger partial charge in [0.15, 0.2) is 11.6 Å². The van der Waals surface area contributed by atoms with Crippen molar-refractivity contribution in [3.8, 4) is 11.5 Å². The first-order chi connectivity index (χ1) is 12.8. The summed E-state index contributed by atoms with van der Waals surface area (Å²) in [6.07, 6.45) is 5.04. The Balaban J connectivity index is 1.37. The highest BCUT2D eigenvalue weighted by atomic mass is 16.3. The third-order valence-electron chi connectivity index (χ3n) is 4.56. The summed E-state index contributed by atoms with van der Waals surface area (Å²) < 4.78 is 10.6. The van der Waals surface area contributed by atoms with E-state index in [1.54, 1.807) is 12.5 Å². The fourth-order valence-corrected chi connectivity index (χ4v) is 3.18. The smallest absolute Gasteiger partial charge is 0.225 e. The molecule has 0 spiro atoms. The molecule has 7 heteroatoms. The highest BCUT2D eigenvalue weighted by Gasteiger charge is 2.26. The van der Waals surface area contributed by atoms with E-state index in [4.69, 9.17) is 8.83 Å². The topological polar surface area (TPSA) is 84.4 Å². The molecule has 3 aromatic rings. The van der Waals surface area contributed by atoms with Crippen molar-refractivity contribution < 1.29 is 13.6 Å². The molecule has 0 radical (unpaired) electrons. The number of rotatable bonds is 5. The van der Waals surface area contributed by atoms with Gasteiger partial charge in [-0.25, -0.2) is 0 Å². The molecule has 1 atom stereocenters. The number of nitrogens with one attached hydrogen (secondary N) is 1. The number of piperidine rings is 1. The molecule has 4 heterocycles. The number of anilines is 1. The number of carbonyl (C=O) groups is 1. The average molecular weight is 352 g/mol. The summed E-state index contributed by atoms with van der Waals surface area (Å²) in [5.41, 5.74) is 0.698. The molecule has 7 nitrogen and oxygen atoms in total. The van der Waals surface area contributed by atoms with Crippen LogP contribution in [0.4, 0.5) is 5.82 Å². The van der Waals surface area contributed by atoms with Gasteiger partial charge in [-0.15, -0.1) is 10.2 Å². The van der Waals surface area contributed by atoms with E-state index in [-0.39, 0.29) is 11.8 Å². The van der Waals surface area contributed by atoms with Crippen molar-refractivity contribution >= 4 is 11.7 Å². The molecule has 1 amide bonds. The molecule has 4 rings (SSSR count). The Bertz CT molecular complexity index is 828. The van der Waals surface area contributed by atoms with Crippen molar-refractivity contribution in [1.29, 1.82) is 0 Å². The second-order valence-electron chi connectivity index (χ2n) is 6.34. The Hall–Kier alpha value is -3.09. The lowest BCUT2D eigenvalue weighted by atomic mass is 9.97. The fourth-order valence-electron chi connectivity index (χ4n) is 3.18. The first-order valence-corrected chi connectivity index (χ1v) is 8.72. The first kappa shape index (κ1) is 16.4. The Morgan fingerprint density at radius 3 is 2.77 bits per heavy atom. The molecular formula is C19H20N4O3. The van der Waals surface area contributed by atoms with Crippen LogP contribution in [0, 0.1) is 5.92 Å². The van der Waals surface area contributed by atoms with Gasteiger partial charge >= 0.3 is 0 Å². The maximum absolute atomic E-state index is 12.5. The highest BCUT2D eigenvalue weighted by molar-refractivity contribution is 5.79. The van der Waals surface area contributed by atoms with Crippen LogP contribution in [-0.2, 0) is 11.3 Å². The molecule has 0 aliphatic carbocycles. The lowest BCUT2D eigenvalue weighted by Crippen LogP contribution is -2.43. The van der Waals surface area contributed by atoms with Crippen LogP contribution in [0.25, 0.3) is 11.5 Å². The number of aromatic nitrogens is 2. The van der Waals surface area contributed by atoms with Crippen LogP contribution in [-0.4, -0.2) is 29.2 Å². The van der Waals surface area contributed by atoms with Gasteiger partial charge in [-0.05, 0) is 49.2 Å². The van der Waals surface area contributed by atoms with Gasteiger partial charge in [0.25, 0.3) is 0 Å². The Morgan fingerprint density at radius 1 is 1.15 bits per heavy atom. The summed E-state index contributed by atoms with van der Waals surface area (Å²) in [6.45, 7) is 1.93. The van der Waals surface area contributed by atoms with Gasteiger partial charge in [0.2, 0.25) is 5.91 Å². The number of nitrogens with zero attached hydrogens (tertiary/aromatic N) is 3. The fraction of sp³-hybridized carbons (Fsp3) is 0.316. The summed E-state index contributed by atoms with van der Waals surface area (Å²) in [6, 6.07) is 11.2. The van der Waals surface area contributed by atoms with E-state index in [1.165, 1.54) is 0 Å². The third-order valence-corrected chi connectivity index (χ3v) is 4.56. The van der Waals surface area contributed by atoms with Crippen molar-refractivity contribution in [1.82, 2.24) is 15.5 Å². The van der Waals surface area contributed by atoms with E-state index < -0.39 is 0 Å². The van der Waals surface area contributed by atoms with Crippen molar-refractivity contribution in [2.45, 2.75) is 19.4 Å². The molecular weight excluding hydrogens is 332 g/mol. The van der Waals surface area contributed by atoms with E-state index in [2.05, 4.69) is 20.4 Å². The number of amides is 1. The SMILES string of the molecule is O=C(NCc1ccco1)[C@@H]1CCCN(c2ccc(-c3ccco3)nn2)C1. The van der Waals surface area contributed by atoms with E-state index in [0.29, 0.717) is 24.5 Å². The summed E-state index contributed by atoms with van der Waals surface area (Å²) in [5.74, 6) is 2.21. The lowest BCUT2D eigenvalue weighted by molar-refractivity contribution is -0.125. The van der Waals surface area contributed by atoms with Crippen LogP contribution in [0.15, 0.2) is 57.8 Å².